The summed E-state index contributed by atoms with van der Waals surface area (Å²) in [6.07, 6.45) is 2.03. The second kappa shape index (κ2) is 10.0. The molecule has 0 atom stereocenters. The molecule has 5 aromatic rings. The number of amides is 1. The number of nitrogens with one attached hydrogen (secondary N) is 3. The first kappa shape index (κ1) is 22.0. The van der Waals surface area contributed by atoms with Crippen molar-refractivity contribution in [1.29, 1.82) is 0 Å². The molecule has 0 saturated carbocycles. The summed E-state index contributed by atoms with van der Waals surface area (Å²) < 4.78 is 0. The molecule has 0 radical (unpaired) electrons. The molecule has 2 heterocycles. The van der Waals surface area contributed by atoms with Crippen molar-refractivity contribution < 1.29 is 4.79 Å². The molecule has 0 spiro atoms. The number of rotatable bonds is 7. The Balaban J connectivity index is 1.23. The van der Waals surface area contributed by atoms with E-state index in [0.29, 0.717) is 29.7 Å². The molecule has 7 nitrogen and oxygen atoms in total. The predicted octanol–water partition coefficient (Wildman–Crippen LogP) is 6.00. The lowest BCUT2D eigenvalue weighted by atomic mass is 10.0. The summed E-state index contributed by atoms with van der Waals surface area (Å²) in [7, 11) is 0. The van der Waals surface area contributed by atoms with E-state index >= 15 is 0 Å². The minimum Gasteiger partial charge on any atom is -0.340 e. The van der Waals surface area contributed by atoms with Gasteiger partial charge < -0.3 is 16.0 Å². The number of aromatic nitrogens is 3. The maximum absolute atomic E-state index is 12.7. The van der Waals surface area contributed by atoms with Gasteiger partial charge in [0, 0.05) is 23.6 Å². The number of aryl methyl sites for hydroxylation is 1. The van der Waals surface area contributed by atoms with Gasteiger partial charge in [-0.1, -0.05) is 48.5 Å². The highest BCUT2D eigenvalue weighted by molar-refractivity contribution is 5.96. The van der Waals surface area contributed by atoms with E-state index in [1.165, 1.54) is 0 Å². The number of benzene rings is 3. The normalized spacial score (nSPS) is 10.7. The number of hydrogen-bond donors (Lipinski definition) is 3. The van der Waals surface area contributed by atoms with Crippen molar-refractivity contribution in [3.05, 3.63) is 109 Å². The molecule has 3 N–H and O–H groups in total. The van der Waals surface area contributed by atoms with Crippen LogP contribution in [0.3, 0.4) is 0 Å². The van der Waals surface area contributed by atoms with Gasteiger partial charge in [0.05, 0.1) is 6.42 Å². The molecular weight excluding hydrogens is 436 g/mol. The summed E-state index contributed by atoms with van der Waals surface area (Å²) in [6, 6.07) is 29.1. The third-order valence-corrected chi connectivity index (χ3v) is 5.43. The van der Waals surface area contributed by atoms with Crippen LogP contribution in [0.4, 0.5) is 28.8 Å². The van der Waals surface area contributed by atoms with Crippen molar-refractivity contribution in [2.45, 2.75) is 13.3 Å². The van der Waals surface area contributed by atoms with Crippen LogP contribution >= 0.6 is 0 Å². The standard InChI is InChI=1S/C28H24N6O/c1-19-30-26(18-27(31-19)34-25-11-4-5-16-29-25)32-22-12-14-23(15-13-22)33-28(35)17-21-9-6-8-20-7-2-3-10-24(20)21/h2-16,18H,17H2,1H3,(H,33,35)(H2,29,30,31,32,34). The summed E-state index contributed by atoms with van der Waals surface area (Å²) in [5, 5.41) is 11.7. The Morgan fingerprint density at radius 3 is 2.26 bits per heavy atom. The molecule has 172 valence electrons. The van der Waals surface area contributed by atoms with Crippen molar-refractivity contribution in [2.75, 3.05) is 16.0 Å². The van der Waals surface area contributed by atoms with E-state index < -0.39 is 0 Å². The maximum atomic E-state index is 12.7. The molecule has 2 aromatic heterocycles. The van der Waals surface area contributed by atoms with Crippen molar-refractivity contribution in [2.24, 2.45) is 0 Å². The second-order valence-corrected chi connectivity index (χ2v) is 8.09. The summed E-state index contributed by atoms with van der Waals surface area (Å²) in [4.78, 5) is 25.8. The lowest BCUT2D eigenvalue weighted by molar-refractivity contribution is -0.115. The topological polar surface area (TPSA) is 91.8 Å². The third-order valence-electron chi connectivity index (χ3n) is 5.43. The zero-order valence-corrected chi connectivity index (χ0v) is 19.2. The Kier molecular flexibility index (Phi) is 6.30. The molecule has 1 amide bonds. The third kappa shape index (κ3) is 5.59. The number of carbonyl (C=O) groups is 1. The van der Waals surface area contributed by atoms with Gasteiger partial charge >= 0.3 is 0 Å². The minimum absolute atomic E-state index is 0.0567. The largest absolute Gasteiger partial charge is 0.340 e. The van der Waals surface area contributed by atoms with Crippen molar-refractivity contribution in [3.63, 3.8) is 0 Å². The van der Waals surface area contributed by atoms with Crippen LogP contribution in [-0.2, 0) is 11.2 Å². The fraction of sp³-hybridized carbons (Fsp3) is 0.0714. The van der Waals surface area contributed by atoms with Gasteiger partial charge in [0.1, 0.15) is 23.3 Å². The molecule has 0 aliphatic rings. The van der Waals surface area contributed by atoms with Gasteiger partial charge in [-0.3, -0.25) is 4.79 Å². The average molecular weight is 461 g/mol. The molecule has 0 fully saturated rings. The Morgan fingerprint density at radius 1 is 0.743 bits per heavy atom. The van der Waals surface area contributed by atoms with Gasteiger partial charge in [-0.25, -0.2) is 15.0 Å². The van der Waals surface area contributed by atoms with E-state index in [2.05, 4.69) is 43.0 Å². The SMILES string of the molecule is Cc1nc(Nc2ccc(NC(=O)Cc3cccc4ccccc34)cc2)cc(Nc2ccccn2)n1. The smallest absolute Gasteiger partial charge is 0.228 e. The number of fused-ring (bicyclic) bond motifs is 1. The van der Waals surface area contributed by atoms with Gasteiger partial charge in [-0.05, 0) is 59.7 Å². The molecule has 0 aliphatic carbocycles. The quantitative estimate of drug-likeness (QED) is 0.276. The van der Waals surface area contributed by atoms with E-state index in [0.717, 1.165) is 27.7 Å². The average Bonchev–Trinajstić information content (AvgIpc) is 2.86. The number of hydrogen-bond acceptors (Lipinski definition) is 6. The molecule has 5 rings (SSSR count). The summed E-state index contributed by atoms with van der Waals surface area (Å²) in [5.74, 6) is 2.59. The molecule has 0 unspecified atom stereocenters. The fourth-order valence-electron chi connectivity index (χ4n) is 3.87. The first-order chi connectivity index (χ1) is 17.1. The van der Waals surface area contributed by atoms with Gasteiger partial charge in [-0.15, -0.1) is 0 Å². The monoisotopic (exact) mass is 460 g/mol. The number of anilines is 5. The predicted molar refractivity (Wildman–Crippen MR) is 140 cm³/mol. The highest BCUT2D eigenvalue weighted by Crippen LogP contribution is 2.22. The molecule has 3 aromatic carbocycles. The molecule has 0 bridgehead atoms. The highest BCUT2D eigenvalue weighted by atomic mass is 16.1. The molecule has 7 heteroatoms. The van der Waals surface area contributed by atoms with Gasteiger partial charge in [0.2, 0.25) is 5.91 Å². The number of nitrogens with zero attached hydrogens (tertiary/aromatic N) is 3. The molecule has 0 aliphatic heterocycles. The Hall–Kier alpha value is -4.78. The van der Waals surface area contributed by atoms with Crippen molar-refractivity contribution >= 4 is 45.5 Å². The summed E-state index contributed by atoms with van der Waals surface area (Å²) in [6.45, 7) is 1.84. The van der Waals surface area contributed by atoms with Crippen molar-refractivity contribution in [1.82, 2.24) is 15.0 Å². The highest BCUT2D eigenvalue weighted by Gasteiger charge is 2.08. The van der Waals surface area contributed by atoms with Crippen LogP contribution < -0.4 is 16.0 Å². The van der Waals surface area contributed by atoms with Crippen LogP contribution in [0.15, 0.2) is 97.2 Å². The van der Waals surface area contributed by atoms with Gasteiger partial charge in [0.15, 0.2) is 0 Å². The Bertz CT molecular complexity index is 1460. The molecule has 35 heavy (non-hydrogen) atoms. The van der Waals surface area contributed by atoms with E-state index in [4.69, 9.17) is 0 Å². The van der Waals surface area contributed by atoms with Gasteiger partial charge in [-0.2, -0.15) is 0 Å². The second-order valence-electron chi connectivity index (χ2n) is 8.09. The van der Waals surface area contributed by atoms with Crippen LogP contribution in [0, 0.1) is 6.92 Å². The van der Waals surface area contributed by atoms with Crippen LogP contribution in [0.5, 0.6) is 0 Å². The van der Waals surface area contributed by atoms with Crippen LogP contribution in [-0.4, -0.2) is 20.9 Å². The number of pyridine rings is 1. The van der Waals surface area contributed by atoms with E-state index in [9.17, 15) is 4.79 Å². The first-order valence-corrected chi connectivity index (χ1v) is 11.3. The number of carbonyl (C=O) groups excluding carboxylic acids is 1. The first-order valence-electron chi connectivity index (χ1n) is 11.3. The van der Waals surface area contributed by atoms with Crippen LogP contribution in [0.25, 0.3) is 10.8 Å². The minimum atomic E-state index is -0.0567. The lowest BCUT2D eigenvalue weighted by Crippen LogP contribution is -2.14. The fourth-order valence-corrected chi connectivity index (χ4v) is 3.87. The summed E-state index contributed by atoms with van der Waals surface area (Å²) >= 11 is 0. The maximum Gasteiger partial charge on any atom is 0.228 e. The summed E-state index contributed by atoms with van der Waals surface area (Å²) in [5.41, 5.74) is 2.59. The van der Waals surface area contributed by atoms with Crippen molar-refractivity contribution in [3.8, 4) is 0 Å². The molecule has 0 saturated heterocycles. The van der Waals surface area contributed by atoms with Crippen LogP contribution in [0.1, 0.15) is 11.4 Å². The zero-order valence-electron chi connectivity index (χ0n) is 19.2. The van der Waals surface area contributed by atoms with E-state index in [-0.39, 0.29) is 5.91 Å². The Labute approximate surface area is 203 Å². The lowest BCUT2D eigenvalue weighted by Gasteiger charge is -2.11. The van der Waals surface area contributed by atoms with Gasteiger partial charge in [0.25, 0.3) is 0 Å². The zero-order chi connectivity index (χ0) is 24.0. The van der Waals surface area contributed by atoms with E-state index in [1.807, 2.05) is 85.8 Å². The molecular formula is C28H24N6O. The Morgan fingerprint density at radius 2 is 1.46 bits per heavy atom. The van der Waals surface area contributed by atoms with Crippen LogP contribution in [0.2, 0.25) is 0 Å². The van der Waals surface area contributed by atoms with E-state index in [1.54, 1.807) is 6.20 Å².